The van der Waals surface area contributed by atoms with Gasteiger partial charge in [0.05, 0.1) is 23.7 Å². The molecule has 0 saturated heterocycles. The summed E-state index contributed by atoms with van der Waals surface area (Å²) in [6.45, 7) is 1.22. The van der Waals surface area contributed by atoms with Gasteiger partial charge in [-0.25, -0.2) is 0 Å². The van der Waals surface area contributed by atoms with Crippen LogP contribution in [0, 0.1) is 0 Å². The second-order valence-corrected chi connectivity index (χ2v) is 11.2. The van der Waals surface area contributed by atoms with Gasteiger partial charge < -0.3 is 18.8 Å². The summed E-state index contributed by atoms with van der Waals surface area (Å²) < 4.78 is 10.6. The Morgan fingerprint density at radius 1 is 0.789 bits per heavy atom. The second kappa shape index (κ2) is 7.19. The Bertz CT molecular complexity index is 1980. The van der Waals surface area contributed by atoms with E-state index >= 15 is 0 Å². The minimum absolute atomic E-state index is 0.145. The molecule has 6 aromatic rings. The first-order valence-corrected chi connectivity index (χ1v) is 13.6. The van der Waals surface area contributed by atoms with Crippen LogP contribution in [0.4, 0.5) is 0 Å². The molecule has 1 fully saturated rings. The summed E-state index contributed by atoms with van der Waals surface area (Å²) in [6, 6.07) is 26.6. The van der Waals surface area contributed by atoms with Crippen molar-refractivity contribution in [1.82, 2.24) is 14.0 Å². The first-order valence-electron chi connectivity index (χ1n) is 13.6. The number of ether oxygens (including phenoxy) is 1. The molecule has 5 heteroatoms. The molecule has 1 amide bonds. The van der Waals surface area contributed by atoms with Crippen molar-refractivity contribution in [2.45, 2.75) is 44.4 Å². The highest BCUT2D eigenvalue weighted by Gasteiger charge is 2.41. The number of hydrogen-bond donors (Lipinski definition) is 0. The Kier molecular flexibility index (Phi) is 3.93. The highest BCUT2D eigenvalue weighted by atomic mass is 16.5. The number of benzene rings is 4. The van der Waals surface area contributed by atoms with Gasteiger partial charge in [-0.1, -0.05) is 48.5 Å². The largest absolute Gasteiger partial charge is 0.497 e. The van der Waals surface area contributed by atoms with Crippen LogP contribution in [0.2, 0.25) is 0 Å². The zero-order valence-corrected chi connectivity index (χ0v) is 21.3. The summed E-state index contributed by atoms with van der Waals surface area (Å²) in [7, 11) is 1.68. The van der Waals surface area contributed by atoms with E-state index in [-0.39, 0.29) is 5.91 Å². The third kappa shape index (κ3) is 2.45. The first kappa shape index (κ1) is 20.8. The number of hydrogen-bond acceptors (Lipinski definition) is 2. The quantitative estimate of drug-likeness (QED) is 0.256. The molecule has 2 bridgehead atoms. The number of rotatable bonds is 3. The fourth-order valence-electron chi connectivity index (χ4n) is 7.88. The van der Waals surface area contributed by atoms with Crippen molar-refractivity contribution in [2.75, 3.05) is 7.11 Å². The molecule has 5 nitrogen and oxygen atoms in total. The molecule has 4 heterocycles. The van der Waals surface area contributed by atoms with Crippen molar-refractivity contribution in [3.63, 3.8) is 0 Å². The summed E-state index contributed by atoms with van der Waals surface area (Å²) in [6.07, 6.45) is 3.53. The normalized spacial score (nSPS) is 19.9. The molecule has 0 unspecified atom stereocenters. The van der Waals surface area contributed by atoms with Gasteiger partial charge in [0.15, 0.2) is 0 Å². The average Bonchev–Trinajstić information content (AvgIpc) is 3.68. The van der Waals surface area contributed by atoms with Gasteiger partial charge >= 0.3 is 0 Å². The van der Waals surface area contributed by atoms with Gasteiger partial charge in [0.2, 0.25) is 0 Å². The van der Waals surface area contributed by atoms with E-state index in [4.69, 9.17) is 4.74 Å². The van der Waals surface area contributed by atoms with Gasteiger partial charge in [-0.3, -0.25) is 4.79 Å². The number of carbonyl (C=O) groups excluding carboxylic acids is 1. The third-order valence-corrected chi connectivity index (χ3v) is 9.39. The zero-order chi connectivity index (χ0) is 25.1. The van der Waals surface area contributed by atoms with E-state index < -0.39 is 0 Å². The Balaban J connectivity index is 1.40. The SMILES string of the molecule is COc1ccc(CN2Cc3c(c4c5ccccc5n5c4c4c3c3ccccc3n4[C@H]3CC[C@H]5C3)C2=O)cc1. The Morgan fingerprint density at radius 3 is 2.05 bits per heavy atom. The topological polar surface area (TPSA) is 39.4 Å². The number of methoxy groups -OCH3 is 1. The van der Waals surface area contributed by atoms with Crippen LogP contribution in [0.1, 0.15) is 52.8 Å². The third-order valence-electron chi connectivity index (χ3n) is 9.39. The Labute approximate surface area is 219 Å². The van der Waals surface area contributed by atoms with Crippen molar-refractivity contribution in [3.8, 4) is 5.75 Å². The smallest absolute Gasteiger partial charge is 0.255 e. The second-order valence-electron chi connectivity index (χ2n) is 11.2. The number of fused-ring (bicyclic) bond motifs is 13. The molecule has 1 aliphatic carbocycles. The molecule has 0 radical (unpaired) electrons. The summed E-state index contributed by atoms with van der Waals surface area (Å²) in [4.78, 5) is 16.4. The van der Waals surface area contributed by atoms with E-state index in [1.807, 2.05) is 17.0 Å². The van der Waals surface area contributed by atoms with Crippen LogP contribution in [0.25, 0.3) is 43.6 Å². The molecule has 2 aromatic heterocycles. The van der Waals surface area contributed by atoms with Crippen molar-refractivity contribution >= 4 is 49.5 Å². The molecule has 186 valence electrons. The summed E-state index contributed by atoms with van der Waals surface area (Å²) in [5.41, 5.74) is 8.40. The fourth-order valence-corrected chi connectivity index (χ4v) is 7.88. The predicted molar refractivity (Wildman–Crippen MR) is 151 cm³/mol. The van der Waals surface area contributed by atoms with Gasteiger partial charge in [-0.15, -0.1) is 0 Å². The average molecular weight is 498 g/mol. The van der Waals surface area contributed by atoms with Crippen LogP contribution in [0.15, 0.2) is 72.8 Å². The highest BCUT2D eigenvalue weighted by molar-refractivity contribution is 6.31. The number of para-hydroxylation sites is 2. The molecule has 1 saturated carbocycles. The number of aromatic nitrogens is 2. The van der Waals surface area contributed by atoms with Gasteiger partial charge in [0, 0.05) is 57.8 Å². The maximum atomic E-state index is 14.3. The minimum Gasteiger partial charge on any atom is -0.497 e. The molecule has 38 heavy (non-hydrogen) atoms. The summed E-state index contributed by atoms with van der Waals surface area (Å²) in [5, 5.41) is 4.93. The van der Waals surface area contributed by atoms with Crippen molar-refractivity contribution in [2.24, 2.45) is 0 Å². The molecular formula is C33H27N3O2. The minimum atomic E-state index is 0.145. The van der Waals surface area contributed by atoms with E-state index in [2.05, 4.69) is 69.8 Å². The maximum Gasteiger partial charge on any atom is 0.255 e. The van der Waals surface area contributed by atoms with Gasteiger partial charge in [-0.05, 0) is 54.7 Å². The van der Waals surface area contributed by atoms with Gasteiger partial charge in [-0.2, -0.15) is 0 Å². The molecule has 9 rings (SSSR count). The molecular weight excluding hydrogens is 470 g/mol. The fraction of sp³-hybridized carbons (Fsp3) is 0.242. The monoisotopic (exact) mass is 497 g/mol. The molecule has 2 aliphatic heterocycles. The molecule has 4 aromatic carbocycles. The van der Waals surface area contributed by atoms with Crippen LogP contribution in [-0.2, 0) is 13.1 Å². The van der Waals surface area contributed by atoms with Crippen molar-refractivity contribution in [3.05, 3.63) is 89.5 Å². The van der Waals surface area contributed by atoms with Crippen LogP contribution >= 0.6 is 0 Å². The van der Waals surface area contributed by atoms with Crippen molar-refractivity contribution < 1.29 is 9.53 Å². The lowest BCUT2D eigenvalue weighted by Crippen LogP contribution is -2.23. The Morgan fingerprint density at radius 2 is 1.39 bits per heavy atom. The number of amides is 1. The zero-order valence-electron chi connectivity index (χ0n) is 21.3. The van der Waals surface area contributed by atoms with Gasteiger partial charge in [0.1, 0.15) is 5.75 Å². The maximum absolute atomic E-state index is 14.3. The van der Waals surface area contributed by atoms with Gasteiger partial charge in [0.25, 0.3) is 5.91 Å². The lowest BCUT2D eigenvalue weighted by Gasteiger charge is -2.16. The highest BCUT2D eigenvalue weighted by Crippen LogP contribution is 2.54. The van der Waals surface area contributed by atoms with E-state index in [9.17, 15) is 4.79 Å². The molecule has 2 atom stereocenters. The van der Waals surface area contributed by atoms with Crippen LogP contribution in [0.3, 0.4) is 0 Å². The number of carbonyl (C=O) groups is 1. The van der Waals surface area contributed by atoms with E-state index in [0.29, 0.717) is 25.2 Å². The van der Waals surface area contributed by atoms with E-state index in [1.165, 1.54) is 56.6 Å². The predicted octanol–water partition coefficient (Wildman–Crippen LogP) is 7.35. The standard InChI is InChI=1S/C33H27N3O2/c1-38-22-14-10-19(11-15-22)17-34-18-25-28-23-6-2-4-8-26(23)35-20-12-13-21(16-20)36-27-9-5-3-7-24(27)29(30(25)33(34)37)32(36)31(28)35/h2-11,14-15,20-21H,12-13,16-18H2,1H3/t20-,21-/m0/s1. The number of nitrogens with zero attached hydrogens (tertiary/aromatic N) is 3. The van der Waals surface area contributed by atoms with Crippen molar-refractivity contribution in [1.29, 1.82) is 0 Å². The van der Waals surface area contributed by atoms with E-state index in [1.54, 1.807) is 7.11 Å². The lowest BCUT2D eigenvalue weighted by molar-refractivity contribution is 0.0768. The van der Waals surface area contributed by atoms with E-state index in [0.717, 1.165) is 28.7 Å². The molecule has 3 aliphatic rings. The molecule has 0 N–H and O–H groups in total. The Hall–Kier alpha value is -4.25. The van der Waals surface area contributed by atoms with Crippen LogP contribution in [-0.4, -0.2) is 27.1 Å². The first-order chi connectivity index (χ1) is 18.7. The summed E-state index contributed by atoms with van der Waals surface area (Å²) >= 11 is 0. The van der Waals surface area contributed by atoms with Crippen LogP contribution < -0.4 is 4.74 Å². The summed E-state index contributed by atoms with van der Waals surface area (Å²) in [5.74, 6) is 0.977. The lowest BCUT2D eigenvalue weighted by atomic mass is 9.97. The van der Waals surface area contributed by atoms with Crippen LogP contribution in [0.5, 0.6) is 5.75 Å². The molecule has 0 spiro atoms.